The van der Waals surface area contributed by atoms with E-state index in [0.29, 0.717) is 18.2 Å². The molecule has 4 aromatic rings. The average molecular weight is 425 g/mol. The van der Waals surface area contributed by atoms with Gasteiger partial charge in [0.2, 0.25) is 11.9 Å². The highest BCUT2D eigenvalue weighted by molar-refractivity contribution is 5.95. The molecule has 7 nitrogen and oxygen atoms in total. The molecule has 0 atom stereocenters. The summed E-state index contributed by atoms with van der Waals surface area (Å²) in [6.07, 6.45) is 0.812. The lowest BCUT2D eigenvalue weighted by Gasteiger charge is -2.20. The molecule has 32 heavy (non-hydrogen) atoms. The van der Waals surface area contributed by atoms with E-state index in [1.54, 1.807) is 9.58 Å². The van der Waals surface area contributed by atoms with Crippen molar-refractivity contribution in [1.29, 1.82) is 0 Å². The van der Waals surface area contributed by atoms with Gasteiger partial charge in [-0.25, -0.2) is 9.67 Å². The largest absolute Gasteiger partial charge is 0.310 e. The van der Waals surface area contributed by atoms with E-state index in [1.807, 2.05) is 74.5 Å². The van der Waals surface area contributed by atoms with Crippen molar-refractivity contribution in [3.63, 3.8) is 0 Å². The Labute approximate surface area is 185 Å². The Balaban J connectivity index is 1.59. The molecule has 7 heteroatoms. The first-order valence-corrected chi connectivity index (χ1v) is 10.6. The van der Waals surface area contributed by atoms with Crippen LogP contribution in [0.3, 0.4) is 0 Å². The van der Waals surface area contributed by atoms with E-state index in [1.165, 1.54) is 10.6 Å². The molecule has 1 aliphatic rings. The summed E-state index contributed by atoms with van der Waals surface area (Å²) in [6, 6.07) is 20.8. The Hall–Kier alpha value is -4.00. The molecule has 3 heterocycles. The van der Waals surface area contributed by atoms with Gasteiger partial charge in [0.25, 0.3) is 5.56 Å². The van der Waals surface area contributed by atoms with E-state index < -0.39 is 0 Å². The number of carbonyl (C=O) groups excluding carboxylic acids is 1. The molecule has 1 aliphatic heterocycles. The zero-order chi connectivity index (χ0) is 22.2. The molecule has 1 amide bonds. The van der Waals surface area contributed by atoms with Gasteiger partial charge in [-0.2, -0.15) is 5.10 Å². The van der Waals surface area contributed by atoms with Crippen LogP contribution in [0.25, 0.3) is 17.2 Å². The smallest absolute Gasteiger partial charge is 0.256 e. The molecule has 0 spiro atoms. The minimum Gasteiger partial charge on any atom is -0.310 e. The first kappa shape index (κ1) is 19.9. The van der Waals surface area contributed by atoms with Crippen LogP contribution in [0.15, 0.2) is 71.5 Å². The maximum Gasteiger partial charge on any atom is 0.256 e. The lowest BCUT2D eigenvalue weighted by molar-refractivity contribution is -0.119. The lowest BCUT2D eigenvalue weighted by atomic mass is 10.1. The topological polar surface area (TPSA) is 73.0 Å². The summed E-state index contributed by atoms with van der Waals surface area (Å²) in [4.78, 5) is 33.0. The highest BCUT2D eigenvalue weighted by Crippen LogP contribution is 2.27. The number of aromatic nitrogens is 4. The highest BCUT2D eigenvalue weighted by Gasteiger charge is 2.26. The Morgan fingerprint density at radius 1 is 1.00 bits per heavy atom. The predicted octanol–water partition coefficient (Wildman–Crippen LogP) is 3.30. The molecule has 2 aromatic carbocycles. The first-order chi connectivity index (χ1) is 15.5. The van der Waals surface area contributed by atoms with Gasteiger partial charge in [-0.3, -0.25) is 14.2 Å². The van der Waals surface area contributed by atoms with Crippen molar-refractivity contribution in [2.75, 3.05) is 11.4 Å². The maximum atomic E-state index is 13.3. The first-order valence-electron chi connectivity index (χ1n) is 10.6. The van der Waals surface area contributed by atoms with Crippen molar-refractivity contribution in [3.05, 3.63) is 94.0 Å². The molecule has 0 unspecified atom stereocenters. The number of hydrogen-bond acceptors (Lipinski definition) is 4. The van der Waals surface area contributed by atoms with Crippen molar-refractivity contribution >= 4 is 11.6 Å². The third-order valence-corrected chi connectivity index (χ3v) is 5.74. The molecule has 0 saturated heterocycles. The van der Waals surface area contributed by atoms with Crippen molar-refractivity contribution in [3.8, 4) is 17.2 Å². The second-order valence-electron chi connectivity index (χ2n) is 7.99. The van der Waals surface area contributed by atoms with Crippen LogP contribution in [0.1, 0.15) is 17.0 Å². The number of carbonyl (C=O) groups is 1. The summed E-state index contributed by atoms with van der Waals surface area (Å²) in [5, 5.41) is 4.53. The van der Waals surface area contributed by atoms with Gasteiger partial charge in [0.1, 0.15) is 6.54 Å². The minimum atomic E-state index is -0.290. The number of rotatable bonds is 4. The SMILES string of the molecule is Cc1cc(C)n(-c2nc(-c3ccccc3)cc(=O)n2CC(=O)N2CCc3ccccc32)n1. The van der Waals surface area contributed by atoms with Crippen LogP contribution in [0.5, 0.6) is 0 Å². The molecule has 0 bridgehead atoms. The highest BCUT2D eigenvalue weighted by atomic mass is 16.2. The van der Waals surface area contributed by atoms with E-state index in [0.717, 1.165) is 34.6 Å². The van der Waals surface area contributed by atoms with Crippen LogP contribution in [-0.2, 0) is 17.8 Å². The van der Waals surface area contributed by atoms with Crippen molar-refractivity contribution in [1.82, 2.24) is 19.3 Å². The van der Waals surface area contributed by atoms with Crippen LogP contribution in [0.4, 0.5) is 5.69 Å². The standard InChI is InChI=1S/C25H23N5O2/c1-17-14-18(2)30(27-17)25-26-21(19-8-4-3-5-9-19)15-23(31)29(25)16-24(32)28-13-12-20-10-6-7-11-22(20)28/h3-11,14-15H,12-13,16H2,1-2H3. The van der Waals surface area contributed by atoms with E-state index in [2.05, 4.69) is 5.10 Å². The third-order valence-electron chi connectivity index (χ3n) is 5.74. The zero-order valence-corrected chi connectivity index (χ0v) is 18.0. The average Bonchev–Trinajstić information content (AvgIpc) is 3.38. The van der Waals surface area contributed by atoms with E-state index in [-0.39, 0.29) is 18.0 Å². The Morgan fingerprint density at radius 3 is 2.50 bits per heavy atom. The predicted molar refractivity (Wildman–Crippen MR) is 123 cm³/mol. The van der Waals surface area contributed by atoms with Crippen LogP contribution < -0.4 is 10.5 Å². The van der Waals surface area contributed by atoms with Crippen LogP contribution in [-0.4, -0.2) is 31.8 Å². The Bertz CT molecular complexity index is 1370. The number of nitrogens with zero attached hydrogens (tertiary/aromatic N) is 5. The number of anilines is 1. The lowest BCUT2D eigenvalue weighted by Crippen LogP contribution is -2.37. The number of aryl methyl sites for hydroxylation is 2. The molecule has 0 aliphatic carbocycles. The van der Waals surface area contributed by atoms with Crippen LogP contribution in [0, 0.1) is 13.8 Å². The summed E-state index contributed by atoms with van der Waals surface area (Å²) >= 11 is 0. The normalized spacial score (nSPS) is 12.8. The van der Waals surface area contributed by atoms with Crippen LogP contribution in [0.2, 0.25) is 0 Å². The molecular weight excluding hydrogens is 402 g/mol. The molecular formula is C25H23N5O2. The summed E-state index contributed by atoms with van der Waals surface area (Å²) < 4.78 is 3.05. The molecule has 5 rings (SSSR count). The summed E-state index contributed by atoms with van der Waals surface area (Å²) in [5.41, 5.74) is 4.80. The Morgan fingerprint density at radius 2 is 1.75 bits per heavy atom. The van der Waals surface area contributed by atoms with E-state index >= 15 is 0 Å². The minimum absolute atomic E-state index is 0.108. The number of benzene rings is 2. The third kappa shape index (κ3) is 3.51. The van der Waals surface area contributed by atoms with E-state index in [4.69, 9.17) is 4.98 Å². The van der Waals surface area contributed by atoms with Gasteiger partial charge in [-0.1, -0.05) is 48.5 Å². The van der Waals surface area contributed by atoms with Gasteiger partial charge < -0.3 is 4.90 Å². The number of amides is 1. The second kappa shape index (κ2) is 7.92. The molecule has 0 saturated carbocycles. The van der Waals surface area contributed by atoms with Gasteiger partial charge in [0.15, 0.2) is 0 Å². The van der Waals surface area contributed by atoms with Gasteiger partial charge >= 0.3 is 0 Å². The molecule has 0 radical (unpaired) electrons. The Kier molecular flexibility index (Phi) is 4.93. The summed E-state index contributed by atoms with van der Waals surface area (Å²) in [6.45, 7) is 4.30. The fourth-order valence-electron chi connectivity index (χ4n) is 4.21. The number of fused-ring (bicyclic) bond motifs is 1. The van der Waals surface area contributed by atoms with E-state index in [9.17, 15) is 9.59 Å². The molecule has 160 valence electrons. The number of para-hydroxylation sites is 1. The molecule has 0 fully saturated rings. The fourth-order valence-corrected chi connectivity index (χ4v) is 4.21. The maximum absolute atomic E-state index is 13.3. The summed E-state index contributed by atoms with van der Waals surface area (Å²) in [7, 11) is 0. The second-order valence-corrected chi connectivity index (χ2v) is 7.99. The van der Waals surface area contributed by atoms with Gasteiger partial charge in [-0.15, -0.1) is 0 Å². The fraction of sp³-hybridized carbons (Fsp3) is 0.200. The zero-order valence-electron chi connectivity index (χ0n) is 18.0. The van der Waals surface area contributed by atoms with Gasteiger partial charge in [0, 0.05) is 29.6 Å². The van der Waals surface area contributed by atoms with Gasteiger partial charge in [0.05, 0.1) is 11.4 Å². The molecule has 2 aromatic heterocycles. The van der Waals surface area contributed by atoms with Crippen molar-refractivity contribution in [2.24, 2.45) is 0 Å². The number of hydrogen-bond donors (Lipinski definition) is 0. The summed E-state index contributed by atoms with van der Waals surface area (Å²) in [5.74, 6) is 0.192. The van der Waals surface area contributed by atoms with Crippen molar-refractivity contribution < 1.29 is 4.79 Å². The monoisotopic (exact) mass is 425 g/mol. The van der Waals surface area contributed by atoms with Crippen molar-refractivity contribution in [2.45, 2.75) is 26.8 Å². The van der Waals surface area contributed by atoms with Crippen LogP contribution >= 0.6 is 0 Å². The molecule has 0 N–H and O–H groups in total. The quantitative estimate of drug-likeness (QED) is 0.503. The van der Waals surface area contributed by atoms with Gasteiger partial charge in [-0.05, 0) is 38.0 Å².